The van der Waals surface area contributed by atoms with E-state index in [1.54, 1.807) is 23.2 Å². The third-order valence-corrected chi connectivity index (χ3v) is 3.78. The van der Waals surface area contributed by atoms with Gasteiger partial charge in [0.05, 0.1) is 0 Å². The fraction of sp³-hybridized carbons (Fsp3) is 0.0714. The van der Waals surface area contributed by atoms with Crippen LogP contribution >= 0.6 is 11.3 Å². The molecule has 0 unspecified atom stereocenters. The van der Waals surface area contributed by atoms with Crippen molar-refractivity contribution in [3.8, 4) is 5.69 Å². The lowest BCUT2D eigenvalue weighted by Crippen LogP contribution is -2.13. The number of para-hydroxylation sites is 1. The number of benzene rings is 1. The highest BCUT2D eigenvalue weighted by atomic mass is 32.1. The largest absolute Gasteiger partial charge is 0.327 e. The Bertz CT molecular complexity index is 889. The molecule has 1 amide bonds. The van der Waals surface area contributed by atoms with Crippen molar-refractivity contribution < 1.29 is 13.6 Å². The first-order valence-electron chi connectivity index (χ1n) is 6.25. The summed E-state index contributed by atoms with van der Waals surface area (Å²) in [5.41, 5.74) is -0.320. The molecular formula is C14H10F2N4OS. The zero-order chi connectivity index (χ0) is 15.7. The van der Waals surface area contributed by atoms with Crippen molar-refractivity contribution in [2.75, 3.05) is 0 Å². The molecule has 0 radical (unpaired) electrons. The highest BCUT2D eigenvalue weighted by molar-refractivity contribution is 7.07. The number of halogens is 2. The monoisotopic (exact) mass is 320 g/mol. The summed E-state index contributed by atoms with van der Waals surface area (Å²) in [4.78, 5) is 16.5. The molecule has 2 heterocycles. The van der Waals surface area contributed by atoms with Crippen LogP contribution in [0.15, 0.2) is 47.0 Å². The van der Waals surface area contributed by atoms with Gasteiger partial charge in [0.1, 0.15) is 5.69 Å². The van der Waals surface area contributed by atoms with E-state index in [9.17, 15) is 13.6 Å². The Kier molecular flexibility index (Phi) is 3.68. The number of hydrogen-bond donors (Lipinski definition) is 0. The van der Waals surface area contributed by atoms with Gasteiger partial charge in [-0.3, -0.25) is 4.79 Å². The zero-order valence-corrected chi connectivity index (χ0v) is 12.2. The van der Waals surface area contributed by atoms with Crippen LogP contribution in [0.25, 0.3) is 5.69 Å². The molecule has 22 heavy (non-hydrogen) atoms. The molecule has 0 bridgehead atoms. The van der Waals surface area contributed by atoms with Gasteiger partial charge in [0.15, 0.2) is 22.1 Å². The summed E-state index contributed by atoms with van der Waals surface area (Å²) in [5.74, 6) is -2.10. The number of aryl methyl sites for hydroxylation is 1. The summed E-state index contributed by atoms with van der Waals surface area (Å²) in [6.45, 7) is 0. The van der Waals surface area contributed by atoms with E-state index in [2.05, 4.69) is 10.1 Å². The van der Waals surface area contributed by atoms with Crippen LogP contribution in [0.2, 0.25) is 0 Å². The second-order valence-corrected chi connectivity index (χ2v) is 5.30. The molecule has 8 heteroatoms. The average molecular weight is 320 g/mol. The lowest BCUT2D eigenvalue weighted by molar-refractivity contribution is 0.0992. The predicted octanol–water partition coefficient (Wildman–Crippen LogP) is 2.29. The fourth-order valence-electron chi connectivity index (χ4n) is 1.85. The highest BCUT2D eigenvalue weighted by Gasteiger charge is 2.14. The van der Waals surface area contributed by atoms with Crippen molar-refractivity contribution in [1.82, 2.24) is 14.3 Å². The molecule has 2 aromatic heterocycles. The highest BCUT2D eigenvalue weighted by Crippen LogP contribution is 2.17. The number of carbonyl (C=O) groups excluding carboxylic acids is 1. The van der Waals surface area contributed by atoms with Gasteiger partial charge in [0.25, 0.3) is 5.91 Å². The molecule has 3 rings (SSSR count). The van der Waals surface area contributed by atoms with Crippen molar-refractivity contribution in [3.63, 3.8) is 0 Å². The third kappa shape index (κ3) is 2.60. The summed E-state index contributed by atoms with van der Waals surface area (Å²) >= 11 is 1.30. The summed E-state index contributed by atoms with van der Waals surface area (Å²) in [6.07, 6.45) is 3.09. The maximum absolute atomic E-state index is 13.7. The molecule has 5 nitrogen and oxygen atoms in total. The van der Waals surface area contributed by atoms with Gasteiger partial charge in [-0.05, 0) is 18.2 Å². The smallest absolute Gasteiger partial charge is 0.300 e. The standard InChI is InChI=1S/C14H10F2N4OS/c1-19-7-8-22-14(19)17-13(21)11-5-6-20(18-11)12-9(15)3-2-4-10(12)16/h2-8H,1H3. The molecular weight excluding hydrogens is 310 g/mol. The van der Waals surface area contributed by atoms with E-state index in [0.717, 1.165) is 16.8 Å². The molecule has 0 saturated carbocycles. The van der Waals surface area contributed by atoms with Crippen LogP contribution in [0.3, 0.4) is 0 Å². The van der Waals surface area contributed by atoms with Crippen molar-refractivity contribution in [1.29, 1.82) is 0 Å². The number of carbonyl (C=O) groups is 1. The number of aromatic nitrogens is 3. The molecule has 1 aromatic carbocycles. The fourth-order valence-corrected chi connectivity index (χ4v) is 2.58. The number of thiazole rings is 1. The lowest BCUT2D eigenvalue weighted by Gasteiger charge is -2.03. The molecule has 112 valence electrons. The maximum Gasteiger partial charge on any atom is 0.300 e. The topological polar surface area (TPSA) is 52.2 Å². The second kappa shape index (κ2) is 5.64. The van der Waals surface area contributed by atoms with Gasteiger partial charge in [-0.1, -0.05) is 6.07 Å². The SMILES string of the molecule is Cn1ccsc1=NC(=O)c1ccn(-c2c(F)cccc2F)n1. The minimum absolute atomic E-state index is 0.0102. The molecule has 3 aromatic rings. The van der Waals surface area contributed by atoms with E-state index in [1.807, 2.05) is 0 Å². The van der Waals surface area contributed by atoms with Crippen LogP contribution in [0.5, 0.6) is 0 Å². The minimum atomic E-state index is -0.760. The zero-order valence-electron chi connectivity index (χ0n) is 11.4. The van der Waals surface area contributed by atoms with E-state index < -0.39 is 17.5 Å². The van der Waals surface area contributed by atoms with Gasteiger partial charge in [-0.2, -0.15) is 10.1 Å². The molecule has 0 saturated heterocycles. The Morgan fingerprint density at radius 2 is 1.95 bits per heavy atom. The minimum Gasteiger partial charge on any atom is -0.327 e. The quantitative estimate of drug-likeness (QED) is 0.727. The van der Waals surface area contributed by atoms with Gasteiger partial charge < -0.3 is 4.57 Å². The Morgan fingerprint density at radius 3 is 2.59 bits per heavy atom. The third-order valence-electron chi connectivity index (χ3n) is 2.93. The maximum atomic E-state index is 13.7. The normalized spacial score (nSPS) is 11.9. The van der Waals surface area contributed by atoms with Crippen LogP contribution in [0.1, 0.15) is 10.5 Å². The lowest BCUT2D eigenvalue weighted by atomic mass is 10.3. The van der Waals surface area contributed by atoms with Gasteiger partial charge in [-0.25, -0.2) is 13.5 Å². The van der Waals surface area contributed by atoms with Crippen LogP contribution in [-0.2, 0) is 7.05 Å². The van der Waals surface area contributed by atoms with E-state index in [-0.39, 0.29) is 11.4 Å². The second-order valence-electron chi connectivity index (χ2n) is 4.43. The summed E-state index contributed by atoms with van der Waals surface area (Å²) in [7, 11) is 1.76. The van der Waals surface area contributed by atoms with Crippen molar-refractivity contribution in [2.45, 2.75) is 0 Å². The Morgan fingerprint density at radius 1 is 1.23 bits per heavy atom. The number of nitrogens with zero attached hydrogens (tertiary/aromatic N) is 4. The van der Waals surface area contributed by atoms with Crippen molar-refractivity contribution in [2.24, 2.45) is 12.0 Å². The predicted molar refractivity (Wildman–Crippen MR) is 76.7 cm³/mol. The Hall–Kier alpha value is -2.61. The Labute approximate surface area is 127 Å². The summed E-state index contributed by atoms with van der Waals surface area (Å²) in [5, 5.41) is 5.69. The Balaban J connectivity index is 1.98. The van der Waals surface area contributed by atoms with Crippen molar-refractivity contribution in [3.05, 3.63) is 64.2 Å². The first-order chi connectivity index (χ1) is 10.6. The molecule has 0 aliphatic heterocycles. The summed E-state index contributed by atoms with van der Waals surface area (Å²) < 4.78 is 30.1. The van der Waals surface area contributed by atoms with Crippen LogP contribution in [-0.4, -0.2) is 20.3 Å². The van der Waals surface area contributed by atoms with E-state index in [4.69, 9.17) is 0 Å². The number of hydrogen-bond acceptors (Lipinski definition) is 3. The first kappa shape index (κ1) is 14.3. The molecule has 0 fully saturated rings. The van der Waals surface area contributed by atoms with Gasteiger partial charge in [0.2, 0.25) is 0 Å². The molecule has 0 atom stereocenters. The first-order valence-corrected chi connectivity index (χ1v) is 7.13. The van der Waals surface area contributed by atoms with Gasteiger partial charge in [-0.15, -0.1) is 11.3 Å². The molecule has 0 N–H and O–H groups in total. The van der Waals surface area contributed by atoms with E-state index >= 15 is 0 Å². The molecule has 0 aliphatic carbocycles. The van der Waals surface area contributed by atoms with Crippen LogP contribution in [0.4, 0.5) is 8.78 Å². The van der Waals surface area contributed by atoms with Gasteiger partial charge in [0, 0.05) is 24.8 Å². The van der Waals surface area contributed by atoms with Crippen molar-refractivity contribution >= 4 is 17.2 Å². The molecule has 0 spiro atoms. The molecule has 0 aliphatic rings. The van der Waals surface area contributed by atoms with Crippen LogP contribution < -0.4 is 4.80 Å². The van der Waals surface area contributed by atoms with E-state index in [1.165, 1.54) is 29.7 Å². The van der Waals surface area contributed by atoms with E-state index in [0.29, 0.717) is 4.80 Å². The average Bonchev–Trinajstić information content (AvgIpc) is 3.09. The van der Waals surface area contributed by atoms with Crippen LogP contribution in [0, 0.1) is 11.6 Å². The summed E-state index contributed by atoms with van der Waals surface area (Å²) in [6, 6.07) is 4.87. The van der Waals surface area contributed by atoms with Gasteiger partial charge >= 0.3 is 0 Å². The number of amides is 1. The number of rotatable bonds is 2.